The number of hydrogen-bond donors (Lipinski definition) is 3. The predicted molar refractivity (Wildman–Crippen MR) is 97.4 cm³/mol. The smallest absolute Gasteiger partial charge is 0.326 e. The van der Waals surface area contributed by atoms with Crippen molar-refractivity contribution in [2.75, 3.05) is 25.1 Å². The molecule has 1 aromatic carbocycles. The Morgan fingerprint density at radius 2 is 1.92 bits per heavy atom. The molecule has 1 atom stereocenters. The minimum atomic E-state index is -0.374. The van der Waals surface area contributed by atoms with Gasteiger partial charge in [-0.1, -0.05) is 31.5 Å². The van der Waals surface area contributed by atoms with Gasteiger partial charge in [0.1, 0.15) is 6.04 Å². The number of imide groups is 1. The first kappa shape index (κ1) is 18.4. The topological polar surface area (TPSA) is 82.9 Å². The number of anilines is 1. The number of nitrogens with zero attached hydrogens (tertiary/aromatic N) is 1. The van der Waals surface area contributed by atoms with E-state index in [2.05, 4.69) is 10.6 Å². The molecule has 4 amide bonds. The summed E-state index contributed by atoms with van der Waals surface area (Å²) in [5, 5.41) is 5.72. The van der Waals surface area contributed by atoms with E-state index < -0.39 is 0 Å². The van der Waals surface area contributed by atoms with E-state index in [1.807, 2.05) is 37.3 Å². The summed E-state index contributed by atoms with van der Waals surface area (Å²) in [5.74, 6) is -0.0866. The molecule has 1 aromatic rings. The number of carbonyl (C=O) groups excluding carboxylic acids is 3. The number of carbonyl (C=O) groups is 3. The van der Waals surface area contributed by atoms with Crippen molar-refractivity contribution in [3.8, 4) is 0 Å². The summed E-state index contributed by atoms with van der Waals surface area (Å²) in [7, 11) is 0. The molecule has 3 N–H and O–H groups in total. The Bertz CT molecular complexity index is 656. The van der Waals surface area contributed by atoms with Gasteiger partial charge in [-0.25, -0.2) is 9.69 Å². The third kappa shape index (κ3) is 4.22. The zero-order valence-electron chi connectivity index (χ0n) is 15.2. The number of para-hydroxylation sites is 1. The monoisotopic (exact) mass is 359 g/mol. The summed E-state index contributed by atoms with van der Waals surface area (Å²) in [4.78, 5) is 39.3. The van der Waals surface area contributed by atoms with Gasteiger partial charge in [0.2, 0.25) is 5.91 Å². The Balaban J connectivity index is 1.47. The Morgan fingerprint density at radius 1 is 1.23 bits per heavy atom. The van der Waals surface area contributed by atoms with Crippen LogP contribution in [0.5, 0.6) is 0 Å². The van der Waals surface area contributed by atoms with Crippen molar-refractivity contribution in [2.24, 2.45) is 5.92 Å². The van der Waals surface area contributed by atoms with E-state index in [1.165, 1.54) is 9.80 Å². The summed E-state index contributed by atoms with van der Waals surface area (Å²) in [6.07, 6.45) is 3.06. The molecule has 0 aromatic heterocycles. The van der Waals surface area contributed by atoms with Crippen LogP contribution in [0.3, 0.4) is 0 Å². The fourth-order valence-electron chi connectivity index (χ4n) is 3.65. The molecule has 7 heteroatoms. The standard InChI is InChI=1S/C19H26N4O3/c1-2-6-16-18(25)23(19(26)21-16)13-22-11-9-14(10-12-22)17(24)20-15-7-4-3-5-8-15/h3-5,7-8,14,16H,2,6,9-13H2,1H3,(H,20,24)(H,21,26)/p+1/t16-/m1/s1. The van der Waals surface area contributed by atoms with Crippen molar-refractivity contribution in [2.45, 2.75) is 38.6 Å². The van der Waals surface area contributed by atoms with Crippen LogP contribution in [0, 0.1) is 5.92 Å². The second-order valence-electron chi connectivity index (χ2n) is 7.09. The first-order chi connectivity index (χ1) is 12.6. The molecule has 0 saturated carbocycles. The molecule has 2 aliphatic rings. The lowest BCUT2D eigenvalue weighted by atomic mass is 9.96. The van der Waals surface area contributed by atoms with Crippen molar-refractivity contribution in [3.05, 3.63) is 30.3 Å². The molecule has 2 fully saturated rings. The summed E-state index contributed by atoms with van der Waals surface area (Å²) >= 11 is 0. The van der Waals surface area contributed by atoms with Crippen LogP contribution in [0.15, 0.2) is 30.3 Å². The normalized spacial score (nSPS) is 25.9. The molecule has 7 nitrogen and oxygen atoms in total. The van der Waals surface area contributed by atoms with Gasteiger partial charge in [0.05, 0.1) is 13.1 Å². The van der Waals surface area contributed by atoms with Gasteiger partial charge in [0.15, 0.2) is 6.67 Å². The maximum Gasteiger partial charge on any atom is 0.329 e. The van der Waals surface area contributed by atoms with E-state index in [4.69, 9.17) is 0 Å². The molecule has 0 spiro atoms. The zero-order valence-corrected chi connectivity index (χ0v) is 15.2. The third-order valence-corrected chi connectivity index (χ3v) is 5.17. The molecule has 26 heavy (non-hydrogen) atoms. The number of amides is 4. The Labute approximate surface area is 153 Å². The van der Waals surface area contributed by atoms with Gasteiger partial charge in [0.25, 0.3) is 5.91 Å². The minimum Gasteiger partial charge on any atom is -0.326 e. The second-order valence-corrected chi connectivity index (χ2v) is 7.09. The number of piperidine rings is 1. The average molecular weight is 359 g/mol. The fraction of sp³-hybridized carbons (Fsp3) is 0.526. The first-order valence-corrected chi connectivity index (χ1v) is 9.40. The van der Waals surface area contributed by atoms with E-state index in [1.54, 1.807) is 0 Å². The van der Waals surface area contributed by atoms with Crippen LogP contribution in [0.2, 0.25) is 0 Å². The number of quaternary nitrogens is 1. The molecular formula is C19H27N4O3+. The van der Waals surface area contributed by atoms with Crippen molar-refractivity contribution < 1.29 is 19.3 Å². The van der Waals surface area contributed by atoms with E-state index in [0.29, 0.717) is 13.1 Å². The van der Waals surface area contributed by atoms with Crippen LogP contribution >= 0.6 is 0 Å². The van der Waals surface area contributed by atoms with Crippen LogP contribution in [-0.4, -0.2) is 48.5 Å². The van der Waals surface area contributed by atoms with Crippen molar-refractivity contribution in [1.29, 1.82) is 0 Å². The van der Waals surface area contributed by atoms with Crippen LogP contribution in [-0.2, 0) is 9.59 Å². The molecule has 0 aliphatic carbocycles. The number of benzene rings is 1. The maximum atomic E-state index is 12.4. The Morgan fingerprint density at radius 3 is 2.58 bits per heavy atom. The number of urea groups is 1. The van der Waals surface area contributed by atoms with E-state index in [-0.39, 0.29) is 29.8 Å². The lowest BCUT2D eigenvalue weighted by molar-refractivity contribution is -0.912. The third-order valence-electron chi connectivity index (χ3n) is 5.17. The minimum absolute atomic E-state index is 0.0186. The Kier molecular flexibility index (Phi) is 5.88. The molecule has 0 bridgehead atoms. The van der Waals surface area contributed by atoms with Gasteiger partial charge in [-0.2, -0.15) is 0 Å². The van der Waals surface area contributed by atoms with Gasteiger partial charge < -0.3 is 15.5 Å². The van der Waals surface area contributed by atoms with Crippen LogP contribution in [0.25, 0.3) is 0 Å². The summed E-state index contributed by atoms with van der Waals surface area (Å²) in [5.41, 5.74) is 0.813. The largest absolute Gasteiger partial charge is 0.329 e. The number of hydrogen-bond acceptors (Lipinski definition) is 3. The highest BCUT2D eigenvalue weighted by Gasteiger charge is 2.40. The van der Waals surface area contributed by atoms with Gasteiger partial charge in [-0.3, -0.25) is 9.59 Å². The van der Waals surface area contributed by atoms with Crippen LogP contribution in [0.4, 0.5) is 10.5 Å². The van der Waals surface area contributed by atoms with Gasteiger partial charge in [0, 0.05) is 24.4 Å². The molecule has 2 heterocycles. The lowest BCUT2D eigenvalue weighted by Gasteiger charge is -2.30. The average Bonchev–Trinajstić information content (AvgIpc) is 2.91. The Hall–Kier alpha value is -2.41. The van der Waals surface area contributed by atoms with Gasteiger partial charge in [-0.15, -0.1) is 0 Å². The number of rotatable bonds is 6. The van der Waals surface area contributed by atoms with Gasteiger partial charge in [-0.05, 0) is 18.6 Å². The van der Waals surface area contributed by atoms with Crippen LogP contribution < -0.4 is 15.5 Å². The van der Waals surface area contributed by atoms with Crippen LogP contribution in [0.1, 0.15) is 32.6 Å². The molecular weight excluding hydrogens is 332 g/mol. The summed E-state index contributed by atoms with van der Waals surface area (Å²) < 4.78 is 0. The van der Waals surface area contributed by atoms with E-state index >= 15 is 0 Å². The molecule has 0 unspecified atom stereocenters. The fourth-order valence-corrected chi connectivity index (χ4v) is 3.65. The summed E-state index contributed by atoms with van der Waals surface area (Å²) in [6.45, 7) is 3.95. The van der Waals surface area contributed by atoms with Crippen molar-refractivity contribution >= 4 is 23.5 Å². The SMILES string of the molecule is CCC[C@H]1NC(=O)N(C[NH+]2CCC(C(=O)Nc3ccccc3)CC2)C1=O. The van der Waals surface area contributed by atoms with Crippen molar-refractivity contribution in [1.82, 2.24) is 10.2 Å². The molecule has 0 radical (unpaired) electrons. The van der Waals surface area contributed by atoms with Crippen molar-refractivity contribution in [3.63, 3.8) is 0 Å². The highest BCUT2D eigenvalue weighted by atomic mass is 16.2. The quantitative estimate of drug-likeness (QED) is 0.651. The highest BCUT2D eigenvalue weighted by Crippen LogP contribution is 2.15. The second kappa shape index (κ2) is 8.31. The summed E-state index contributed by atoms with van der Waals surface area (Å²) in [6, 6.07) is 8.80. The zero-order chi connectivity index (χ0) is 18.5. The number of likely N-dealkylation sites (tertiary alicyclic amines) is 1. The molecule has 140 valence electrons. The van der Waals surface area contributed by atoms with Gasteiger partial charge >= 0.3 is 6.03 Å². The molecule has 2 saturated heterocycles. The first-order valence-electron chi connectivity index (χ1n) is 9.40. The molecule has 2 aliphatic heterocycles. The lowest BCUT2D eigenvalue weighted by Crippen LogP contribution is -3.14. The van der Waals surface area contributed by atoms with E-state index in [0.717, 1.165) is 38.0 Å². The number of nitrogens with one attached hydrogen (secondary N) is 3. The molecule has 3 rings (SSSR count). The predicted octanol–water partition coefficient (Wildman–Crippen LogP) is 0.598. The van der Waals surface area contributed by atoms with E-state index in [9.17, 15) is 14.4 Å². The maximum absolute atomic E-state index is 12.4. The highest BCUT2D eigenvalue weighted by molar-refractivity contribution is 6.04.